The van der Waals surface area contributed by atoms with E-state index in [2.05, 4.69) is 28.8 Å². The van der Waals surface area contributed by atoms with E-state index in [1.807, 2.05) is 60.9 Å². The number of unbranched alkanes of at least 4 members (excludes halogenated alkanes) is 1. The van der Waals surface area contributed by atoms with Crippen molar-refractivity contribution in [3.05, 3.63) is 78.1 Å². The fourth-order valence-electron chi connectivity index (χ4n) is 3.61. The van der Waals surface area contributed by atoms with Gasteiger partial charge in [-0.05, 0) is 47.7 Å². The van der Waals surface area contributed by atoms with Gasteiger partial charge in [-0.15, -0.1) is 0 Å². The summed E-state index contributed by atoms with van der Waals surface area (Å²) in [4.78, 5) is 3.28. The second-order valence-corrected chi connectivity index (χ2v) is 7.87. The Morgan fingerprint density at radius 1 is 0.931 bits per heavy atom. The van der Waals surface area contributed by atoms with E-state index in [1.165, 1.54) is 18.4 Å². The second-order valence-electron chi connectivity index (χ2n) is 7.26. The molecule has 0 spiro atoms. The first-order chi connectivity index (χ1) is 14.2. The maximum atomic E-state index is 15.3. The highest BCUT2D eigenvalue weighted by atomic mass is 32.2. The molecular formula is C25H25FN2S. The smallest absolute Gasteiger partial charge is 0.155 e. The van der Waals surface area contributed by atoms with E-state index in [1.54, 1.807) is 11.9 Å². The molecule has 2 N–H and O–H groups in total. The van der Waals surface area contributed by atoms with E-state index in [-0.39, 0.29) is 5.82 Å². The molecule has 0 radical (unpaired) electrons. The summed E-state index contributed by atoms with van der Waals surface area (Å²) in [5.74, 6) is -0.198. The summed E-state index contributed by atoms with van der Waals surface area (Å²) in [6.45, 7) is 2.19. The van der Waals surface area contributed by atoms with Crippen LogP contribution < -0.4 is 4.72 Å². The van der Waals surface area contributed by atoms with E-state index >= 15 is 4.39 Å². The van der Waals surface area contributed by atoms with Crippen LogP contribution in [-0.4, -0.2) is 11.2 Å². The molecule has 2 nitrogen and oxygen atoms in total. The van der Waals surface area contributed by atoms with Crippen molar-refractivity contribution in [3.63, 3.8) is 0 Å². The van der Waals surface area contributed by atoms with Crippen molar-refractivity contribution in [3.8, 4) is 22.4 Å². The van der Waals surface area contributed by atoms with Gasteiger partial charge in [0.15, 0.2) is 5.82 Å². The van der Waals surface area contributed by atoms with Crippen LogP contribution in [0.3, 0.4) is 0 Å². The molecule has 4 heteroatoms. The zero-order chi connectivity index (χ0) is 20.2. The number of benzene rings is 3. The van der Waals surface area contributed by atoms with Crippen molar-refractivity contribution in [2.24, 2.45) is 0 Å². The molecule has 0 atom stereocenters. The molecule has 0 amide bonds. The number of fused-ring (bicyclic) bond motifs is 1. The van der Waals surface area contributed by atoms with Gasteiger partial charge in [0.25, 0.3) is 0 Å². The molecular weight excluding hydrogens is 379 g/mol. The van der Waals surface area contributed by atoms with Gasteiger partial charge in [-0.2, -0.15) is 0 Å². The summed E-state index contributed by atoms with van der Waals surface area (Å²) in [7, 11) is 0. The fraction of sp³-hybridized carbons (Fsp3) is 0.200. The lowest BCUT2D eigenvalue weighted by Crippen LogP contribution is -1.89. The molecule has 1 heterocycles. The number of rotatable bonds is 7. The first-order valence-corrected chi connectivity index (χ1v) is 11.2. The predicted octanol–water partition coefficient (Wildman–Crippen LogP) is 7.67. The Morgan fingerprint density at radius 3 is 2.34 bits per heavy atom. The normalized spacial score (nSPS) is 11.1. The van der Waals surface area contributed by atoms with E-state index in [4.69, 9.17) is 0 Å². The Labute approximate surface area is 175 Å². The SMILES string of the molecule is CCCCc1ccc(-c2ccc3cc(-c4ccc(NSC)cc4)[nH]c3c2F)cc1. The molecule has 1 aromatic heterocycles. The zero-order valence-electron chi connectivity index (χ0n) is 16.8. The molecule has 0 bridgehead atoms. The molecule has 3 aromatic carbocycles. The molecule has 0 aliphatic heterocycles. The molecule has 0 fully saturated rings. The summed E-state index contributed by atoms with van der Waals surface area (Å²) in [5, 5.41) is 0.882. The summed E-state index contributed by atoms with van der Waals surface area (Å²) in [6.07, 6.45) is 5.42. The van der Waals surface area contributed by atoms with Gasteiger partial charge >= 0.3 is 0 Å². The molecule has 0 saturated heterocycles. The molecule has 0 unspecified atom stereocenters. The molecule has 0 aliphatic carbocycles. The van der Waals surface area contributed by atoms with Crippen molar-refractivity contribution < 1.29 is 4.39 Å². The minimum absolute atomic E-state index is 0.198. The van der Waals surface area contributed by atoms with E-state index in [0.717, 1.165) is 34.3 Å². The van der Waals surface area contributed by atoms with Crippen LogP contribution in [0.15, 0.2) is 66.7 Å². The van der Waals surface area contributed by atoms with Gasteiger partial charge in [-0.3, -0.25) is 0 Å². The highest BCUT2D eigenvalue weighted by molar-refractivity contribution is 7.99. The van der Waals surface area contributed by atoms with Gasteiger partial charge in [0.05, 0.1) is 5.52 Å². The van der Waals surface area contributed by atoms with E-state index in [9.17, 15) is 0 Å². The van der Waals surface area contributed by atoms with E-state index in [0.29, 0.717) is 11.1 Å². The minimum atomic E-state index is -0.198. The standard InChI is InChI=1S/C25H25FN2S/c1-3-4-5-17-6-8-18(9-7-17)22-15-12-20-16-23(27-25(20)24(22)26)19-10-13-21(14-11-19)28-29-2/h6-16,27-28H,3-5H2,1-2H3. The predicted molar refractivity (Wildman–Crippen MR) is 125 cm³/mol. The van der Waals surface area contributed by atoms with Gasteiger partial charge in [-0.25, -0.2) is 4.39 Å². The lowest BCUT2D eigenvalue weighted by molar-refractivity contribution is 0.641. The molecule has 29 heavy (non-hydrogen) atoms. The third-order valence-electron chi connectivity index (χ3n) is 5.23. The lowest BCUT2D eigenvalue weighted by Gasteiger charge is -2.06. The minimum Gasteiger partial charge on any atom is -0.352 e. The van der Waals surface area contributed by atoms with Gasteiger partial charge in [0.1, 0.15) is 0 Å². The van der Waals surface area contributed by atoms with Crippen LogP contribution in [0.1, 0.15) is 25.3 Å². The van der Waals surface area contributed by atoms with Crippen LogP contribution >= 0.6 is 11.9 Å². The zero-order valence-corrected chi connectivity index (χ0v) is 17.6. The monoisotopic (exact) mass is 404 g/mol. The lowest BCUT2D eigenvalue weighted by atomic mass is 10.0. The van der Waals surface area contributed by atoms with E-state index < -0.39 is 0 Å². The van der Waals surface area contributed by atoms with Crippen molar-refractivity contribution in [1.29, 1.82) is 0 Å². The molecule has 4 aromatic rings. The number of nitrogens with one attached hydrogen (secondary N) is 2. The Hall–Kier alpha value is -2.72. The van der Waals surface area contributed by atoms with Crippen molar-refractivity contribution in [1.82, 2.24) is 4.98 Å². The summed E-state index contributed by atoms with van der Waals surface area (Å²) in [5.41, 5.74) is 6.40. The maximum Gasteiger partial charge on any atom is 0.155 e. The Morgan fingerprint density at radius 2 is 1.66 bits per heavy atom. The highest BCUT2D eigenvalue weighted by Crippen LogP contribution is 2.32. The van der Waals surface area contributed by atoms with Crippen molar-refractivity contribution in [2.45, 2.75) is 26.2 Å². The topological polar surface area (TPSA) is 27.8 Å². The van der Waals surface area contributed by atoms with Crippen LogP contribution in [-0.2, 0) is 6.42 Å². The van der Waals surface area contributed by atoms with Crippen LogP contribution in [0.2, 0.25) is 0 Å². The quantitative estimate of drug-likeness (QED) is 0.309. The summed E-state index contributed by atoms with van der Waals surface area (Å²) < 4.78 is 18.5. The second kappa shape index (κ2) is 8.75. The molecule has 0 aliphatic rings. The van der Waals surface area contributed by atoms with Gasteiger partial charge in [0.2, 0.25) is 0 Å². The number of aryl methyl sites for hydroxylation is 1. The van der Waals surface area contributed by atoms with Crippen LogP contribution in [0, 0.1) is 5.82 Å². The number of H-pyrrole nitrogens is 1. The molecule has 4 rings (SSSR count). The van der Waals surface area contributed by atoms with Crippen molar-refractivity contribution >= 4 is 28.5 Å². The highest BCUT2D eigenvalue weighted by Gasteiger charge is 2.13. The number of aromatic nitrogens is 1. The number of aromatic amines is 1. The first kappa shape index (κ1) is 19.6. The average Bonchev–Trinajstić information content (AvgIpc) is 3.19. The Balaban J connectivity index is 1.65. The van der Waals surface area contributed by atoms with Crippen LogP contribution in [0.25, 0.3) is 33.3 Å². The number of anilines is 1. The van der Waals surface area contributed by atoms with Crippen LogP contribution in [0.5, 0.6) is 0 Å². The Kier molecular flexibility index (Phi) is 5.91. The number of hydrogen-bond donors (Lipinski definition) is 2. The summed E-state index contributed by atoms with van der Waals surface area (Å²) >= 11 is 1.56. The summed E-state index contributed by atoms with van der Waals surface area (Å²) in [6, 6.07) is 22.3. The fourth-order valence-corrected chi connectivity index (χ4v) is 3.98. The molecule has 148 valence electrons. The number of hydrogen-bond acceptors (Lipinski definition) is 2. The van der Waals surface area contributed by atoms with Crippen molar-refractivity contribution in [2.75, 3.05) is 11.0 Å². The van der Waals surface area contributed by atoms with Crippen LogP contribution in [0.4, 0.5) is 10.1 Å². The average molecular weight is 405 g/mol. The van der Waals surface area contributed by atoms with Gasteiger partial charge < -0.3 is 9.71 Å². The third kappa shape index (κ3) is 4.18. The van der Waals surface area contributed by atoms with Gasteiger partial charge in [0, 0.05) is 28.6 Å². The largest absolute Gasteiger partial charge is 0.352 e. The molecule has 0 saturated carbocycles. The first-order valence-electron chi connectivity index (χ1n) is 9.99. The maximum absolute atomic E-state index is 15.3. The van der Waals surface area contributed by atoms with Gasteiger partial charge in [-0.1, -0.05) is 73.8 Å². The Bertz CT molecular complexity index is 1100. The third-order valence-corrected chi connectivity index (χ3v) is 5.67. The number of halogens is 1.